The van der Waals surface area contributed by atoms with Crippen LogP contribution in [0.5, 0.6) is 0 Å². The summed E-state index contributed by atoms with van der Waals surface area (Å²) in [5, 5.41) is 0. The van der Waals surface area contributed by atoms with Gasteiger partial charge in [-0.25, -0.2) is 8.78 Å². The number of hydrogen-bond acceptors (Lipinski definition) is 1. The molecule has 0 unspecified atom stereocenters. The second kappa shape index (κ2) is 2.57. The quantitative estimate of drug-likeness (QED) is 0.610. The summed E-state index contributed by atoms with van der Waals surface area (Å²) in [6.07, 6.45) is 1.20. The molecule has 60 valence electrons. The zero-order valence-electron chi connectivity index (χ0n) is 6.44. The Morgan fingerprint density at radius 1 is 1.36 bits per heavy atom. The largest absolute Gasteiger partial charge is 0.272 e. The Morgan fingerprint density at radius 3 is 2.36 bits per heavy atom. The van der Waals surface area contributed by atoms with E-state index in [9.17, 15) is 8.78 Å². The highest BCUT2D eigenvalue weighted by atomic mass is 19.3. The highest BCUT2D eigenvalue weighted by molar-refractivity contribution is 5.17. The Bertz CT molecular complexity index is 235. The molecule has 0 N–H and O–H groups in total. The second-order valence-corrected chi connectivity index (χ2v) is 2.58. The Hall–Kier alpha value is -0.990. The van der Waals surface area contributed by atoms with E-state index in [-0.39, 0.29) is 5.56 Å². The number of nitrogens with zero attached hydrogens (tertiary/aromatic N) is 1. The van der Waals surface area contributed by atoms with E-state index in [1.165, 1.54) is 12.3 Å². The molecular weight excluding hydrogens is 148 g/mol. The second-order valence-electron chi connectivity index (χ2n) is 2.58. The average molecular weight is 157 g/mol. The first-order valence-electron chi connectivity index (χ1n) is 3.31. The fourth-order valence-corrected chi connectivity index (χ4v) is 0.727. The van der Waals surface area contributed by atoms with Gasteiger partial charge in [-0.1, -0.05) is 0 Å². The predicted octanol–water partition coefficient (Wildman–Crippen LogP) is 2.50. The lowest BCUT2D eigenvalue weighted by atomic mass is 10.2. The first-order valence-corrected chi connectivity index (χ1v) is 3.31. The summed E-state index contributed by atoms with van der Waals surface area (Å²) in [5.74, 6) is -2.78. The molecule has 1 aromatic rings. The van der Waals surface area contributed by atoms with Crippen LogP contribution < -0.4 is 0 Å². The maximum atomic E-state index is 12.5. The van der Waals surface area contributed by atoms with Crippen molar-refractivity contribution in [2.45, 2.75) is 19.8 Å². The van der Waals surface area contributed by atoms with E-state index in [1.54, 1.807) is 13.0 Å². The standard InChI is InChI=1S/C8H9F2N/c1-6-3-4-7(5-11-6)8(2,9)10/h3-5H,1-2H3. The van der Waals surface area contributed by atoms with Crippen LogP contribution in [0.25, 0.3) is 0 Å². The number of aryl methyl sites for hydroxylation is 1. The van der Waals surface area contributed by atoms with Crippen LogP contribution in [0.3, 0.4) is 0 Å². The molecule has 0 aliphatic carbocycles. The van der Waals surface area contributed by atoms with Crippen molar-refractivity contribution < 1.29 is 8.78 Å². The number of rotatable bonds is 1. The molecule has 0 atom stereocenters. The van der Waals surface area contributed by atoms with Crippen LogP contribution in [0.15, 0.2) is 18.3 Å². The Kier molecular flexibility index (Phi) is 1.89. The van der Waals surface area contributed by atoms with Crippen LogP contribution in [0.1, 0.15) is 18.2 Å². The zero-order chi connectivity index (χ0) is 8.48. The van der Waals surface area contributed by atoms with E-state index in [1.807, 2.05) is 0 Å². The molecule has 0 spiro atoms. The molecule has 0 fully saturated rings. The fraction of sp³-hybridized carbons (Fsp3) is 0.375. The van der Waals surface area contributed by atoms with Gasteiger partial charge in [-0.15, -0.1) is 0 Å². The predicted molar refractivity (Wildman–Crippen MR) is 38.5 cm³/mol. The number of hydrogen-bond donors (Lipinski definition) is 0. The van der Waals surface area contributed by atoms with Gasteiger partial charge in [0, 0.05) is 24.4 Å². The van der Waals surface area contributed by atoms with Crippen molar-refractivity contribution in [3.63, 3.8) is 0 Å². The van der Waals surface area contributed by atoms with Gasteiger partial charge >= 0.3 is 0 Å². The molecule has 0 saturated carbocycles. The highest BCUT2D eigenvalue weighted by Crippen LogP contribution is 2.25. The van der Waals surface area contributed by atoms with Gasteiger partial charge in [-0.05, 0) is 19.1 Å². The van der Waals surface area contributed by atoms with Crippen molar-refractivity contribution in [2.24, 2.45) is 0 Å². The van der Waals surface area contributed by atoms with E-state index < -0.39 is 5.92 Å². The van der Waals surface area contributed by atoms with E-state index in [0.717, 1.165) is 12.6 Å². The smallest absolute Gasteiger partial charge is 0.261 e. The molecular formula is C8H9F2N. The minimum Gasteiger partial charge on any atom is -0.261 e. The molecule has 0 radical (unpaired) electrons. The molecule has 0 amide bonds. The molecule has 0 aliphatic rings. The van der Waals surface area contributed by atoms with Crippen LogP contribution in [0, 0.1) is 6.92 Å². The molecule has 0 aliphatic heterocycles. The van der Waals surface area contributed by atoms with Crippen molar-refractivity contribution in [3.05, 3.63) is 29.6 Å². The molecule has 0 bridgehead atoms. The zero-order valence-corrected chi connectivity index (χ0v) is 6.44. The van der Waals surface area contributed by atoms with Gasteiger partial charge in [0.15, 0.2) is 0 Å². The molecule has 0 saturated heterocycles. The lowest BCUT2D eigenvalue weighted by Gasteiger charge is -2.08. The van der Waals surface area contributed by atoms with E-state index in [0.29, 0.717) is 0 Å². The van der Waals surface area contributed by atoms with Gasteiger partial charge in [0.2, 0.25) is 0 Å². The van der Waals surface area contributed by atoms with E-state index >= 15 is 0 Å². The average Bonchev–Trinajstić information content (AvgIpc) is 1.86. The lowest BCUT2D eigenvalue weighted by molar-refractivity contribution is 0.0171. The van der Waals surface area contributed by atoms with Crippen molar-refractivity contribution in [2.75, 3.05) is 0 Å². The summed E-state index contributed by atoms with van der Waals surface area (Å²) >= 11 is 0. The van der Waals surface area contributed by atoms with E-state index in [4.69, 9.17) is 0 Å². The summed E-state index contributed by atoms with van der Waals surface area (Å²) in [7, 11) is 0. The first kappa shape index (κ1) is 8.11. The van der Waals surface area contributed by atoms with Gasteiger partial charge in [0.25, 0.3) is 5.92 Å². The van der Waals surface area contributed by atoms with Crippen molar-refractivity contribution in [3.8, 4) is 0 Å². The number of halogens is 2. The van der Waals surface area contributed by atoms with Crippen LogP contribution in [-0.4, -0.2) is 4.98 Å². The summed E-state index contributed by atoms with van der Waals surface area (Å²) in [6.45, 7) is 2.62. The van der Waals surface area contributed by atoms with Gasteiger partial charge in [0.05, 0.1) is 0 Å². The monoisotopic (exact) mass is 157 g/mol. The van der Waals surface area contributed by atoms with Gasteiger partial charge in [-0.3, -0.25) is 4.98 Å². The van der Waals surface area contributed by atoms with Crippen LogP contribution in [0.4, 0.5) is 8.78 Å². The highest BCUT2D eigenvalue weighted by Gasteiger charge is 2.23. The minimum absolute atomic E-state index is 0.0388. The molecule has 11 heavy (non-hydrogen) atoms. The SMILES string of the molecule is Cc1ccc(C(C)(F)F)cn1. The number of alkyl halides is 2. The number of aromatic nitrogens is 1. The summed E-state index contributed by atoms with van der Waals surface area (Å²) in [5.41, 5.74) is 0.709. The van der Waals surface area contributed by atoms with Crippen molar-refractivity contribution in [1.29, 1.82) is 0 Å². The van der Waals surface area contributed by atoms with Crippen molar-refractivity contribution >= 4 is 0 Å². The molecule has 1 nitrogen and oxygen atoms in total. The topological polar surface area (TPSA) is 12.9 Å². The summed E-state index contributed by atoms with van der Waals surface area (Å²) in [4.78, 5) is 3.77. The maximum absolute atomic E-state index is 12.5. The Labute approximate surface area is 64.1 Å². The number of pyridine rings is 1. The van der Waals surface area contributed by atoms with Crippen LogP contribution >= 0.6 is 0 Å². The lowest BCUT2D eigenvalue weighted by Crippen LogP contribution is -2.07. The Balaban J connectivity index is 2.99. The fourth-order valence-electron chi connectivity index (χ4n) is 0.727. The van der Waals surface area contributed by atoms with Crippen LogP contribution in [0.2, 0.25) is 0 Å². The normalized spacial score (nSPS) is 11.6. The van der Waals surface area contributed by atoms with Gasteiger partial charge in [-0.2, -0.15) is 0 Å². The summed E-state index contributed by atoms with van der Waals surface area (Å²) in [6, 6.07) is 2.97. The molecule has 0 aromatic carbocycles. The van der Waals surface area contributed by atoms with Gasteiger partial charge in [0.1, 0.15) is 0 Å². The molecule has 1 heterocycles. The van der Waals surface area contributed by atoms with Gasteiger partial charge < -0.3 is 0 Å². The van der Waals surface area contributed by atoms with Crippen molar-refractivity contribution in [1.82, 2.24) is 4.98 Å². The summed E-state index contributed by atoms with van der Waals surface area (Å²) < 4.78 is 25.1. The van der Waals surface area contributed by atoms with Crippen LogP contribution in [-0.2, 0) is 5.92 Å². The Morgan fingerprint density at radius 2 is 2.00 bits per heavy atom. The third kappa shape index (κ3) is 1.97. The minimum atomic E-state index is -2.78. The third-order valence-corrected chi connectivity index (χ3v) is 1.42. The molecule has 1 rings (SSSR count). The van der Waals surface area contributed by atoms with E-state index in [2.05, 4.69) is 4.98 Å². The maximum Gasteiger partial charge on any atom is 0.272 e. The first-order chi connectivity index (χ1) is 5.00. The molecule has 3 heteroatoms. The third-order valence-electron chi connectivity index (χ3n) is 1.42. The molecule has 1 aromatic heterocycles.